The lowest BCUT2D eigenvalue weighted by Crippen LogP contribution is -2.65. The molecular formula is C17H19FN2O2S. The van der Waals surface area contributed by atoms with Crippen molar-refractivity contribution in [2.75, 3.05) is 19.7 Å². The predicted molar refractivity (Wildman–Crippen MR) is 86.1 cm³/mol. The van der Waals surface area contributed by atoms with Crippen molar-refractivity contribution in [3.05, 3.63) is 46.5 Å². The van der Waals surface area contributed by atoms with Crippen LogP contribution in [0.1, 0.15) is 17.7 Å². The average molecular weight is 334 g/mol. The molecule has 0 radical (unpaired) electrons. The number of ether oxygens (including phenoxy) is 2. The van der Waals surface area contributed by atoms with Gasteiger partial charge in [0, 0.05) is 43.5 Å². The molecule has 2 aliphatic heterocycles. The first-order valence-electron chi connectivity index (χ1n) is 7.88. The Bertz CT molecular complexity index is 658. The second kappa shape index (κ2) is 6.19. The summed E-state index contributed by atoms with van der Waals surface area (Å²) in [5.41, 5.74) is -0.133. The molecule has 4 nitrogen and oxygen atoms in total. The number of halogens is 1. The highest BCUT2D eigenvalue weighted by atomic mass is 32.1. The molecule has 2 fully saturated rings. The van der Waals surface area contributed by atoms with E-state index in [0.29, 0.717) is 6.61 Å². The van der Waals surface area contributed by atoms with E-state index >= 15 is 0 Å². The van der Waals surface area contributed by atoms with Gasteiger partial charge in [0.2, 0.25) is 0 Å². The smallest absolute Gasteiger partial charge is 0.250 e. The fourth-order valence-electron chi connectivity index (χ4n) is 3.42. The third kappa shape index (κ3) is 3.24. The van der Waals surface area contributed by atoms with E-state index in [1.807, 2.05) is 0 Å². The fraction of sp³-hybridized carbons (Fsp3) is 0.471. The van der Waals surface area contributed by atoms with Gasteiger partial charge in [-0.25, -0.2) is 9.37 Å². The predicted octanol–water partition coefficient (Wildman–Crippen LogP) is 3.09. The summed E-state index contributed by atoms with van der Waals surface area (Å²) >= 11 is 1.78. The Labute approximate surface area is 138 Å². The number of likely N-dealkylation sites (tertiary alicyclic amines) is 1. The lowest BCUT2D eigenvalue weighted by molar-refractivity contribution is -0.188. The quantitative estimate of drug-likeness (QED) is 0.861. The van der Waals surface area contributed by atoms with E-state index in [0.717, 1.165) is 32.5 Å². The van der Waals surface area contributed by atoms with Crippen LogP contribution in [0.15, 0.2) is 35.8 Å². The van der Waals surface area contributed by atoms with Gasteiger partial charge in [-0.1, -0.05) is 6.07 Å². The molecular weight excluding hydrogens is 315 g/mol. The number of pyridine rings is 1. The lowest BCUT2D eigenvalue weighted by Gasteiger charge is -2.53. The maximum atomic E-state index is 13.7. The van der Waals surface area contributed by atoms with Gasteiger partial charge in [0.1, 0.15) is 6.10 Å². The van der Waals surface area contributed by atoms with E-state index in [-0.39, 0.29) is 17.6 Å². The number of rotatable bonds is 4. The Morgan fingerprint density at radius 2 is 2.30 bits per heavy atom. The van der Waals surface area contributed by atoms with E-state index in [2.05, 4.69) is 27.4 Å². The molecule has 0 amide bonds. The number of thiophene rings is 1. The molecule has 0 saturated carbocycles. The van der Waals surface area contributed by atoms with Gasteiger partial charge in [-0.3, -0.25) is 4.90 Å². The Balaban J connectivity index is 1.34. The standard InChI is InChI=1S/C17H19FN2O2S/c18-15-4-1-6-19-16(15)22-13-5-7-21-17(9-13)11-20(12-17)10-14-3-2-8-23-14/h1-4,6,8,13H,5,7,9-12H2/t13-/m1/s1. The van der Waals surface area contributed by atoms with Crippen molar-refractivity contribution < 1.29 is 13.9 Å². The number of nitrogens with zero attached hydrogens (tertiary/aromatic N) is 2. The zero-order valence-electron chi connectivity index (χ0n) is 12.8. The zero-order valence-corrected chi connectivity index (χ0v) is 13.6. The minimum atomic E-state index is -0.402. The zero-order chi connectivity index (χ0) is 15.7. The van der Waals surface area contributed by atoms with Gasteiger partial charge in [0.05, 0.1) is 12.2 Å². The van der Waals surface area contributed by atoms with Gasteiger partial charge < -0.3 is 9.47 Å². The normalized spacial score (nSPS) is 23.6. The Morgan fingerprint density at radius 1 is 1.39 bits per heavy atom. The molecule has 0 unspecified atom stereocenters. The first-order chi connectivity index (χ1) is 11.2. The van der Waals surface area contributed by atoms with Gasteiger partial charge in [-0.2, -0.15) is 0 Å². The largest absolute Gasteiger partial charge is 0.472 e. The van der Waals surface area contributed by atoms with Gasteiger partial charge >= 0.3 is 0 Å². The van der Waals surface area contributed by atoms with Gasteiger partial charge in [-0.15, -0.1) is 11.3 Å². The van der Waals surface area contributed by atoms with Crippen molar-refractivity contribution >= 4 is 11.3 Å². The van der Waals surface area contributed by atoms with Crippen molar-refractivity contribution in [3.63, 3.8) is 0 Å². The summed E-state index contributed by atoms with van der Waals surface area (Å²) in [5, 5.41) is 2.10. The van der Waals surface area contributed by atoms with Crippen LogP contribution in [-0.2, 0) is 11.3 Å². The summed E-state index contributed by atoms with van der Waals surface area (Å²) in [7, 11) is 0. The number of aromatic nitrogens is 1. The first-order valence-corrected chi connectivity index (χ1v) is 8.76. The molecule has 0 bridgehead atoms. The van der Waals surface area contributed by atoms with E-state index in [4.69, 9.17) is 9.47 Å². The summed E-state index contributed by atoms with van der Waals surface area (Å²) < 4.78 is 25.5. The molecule has 0 N–H and O–H groups in total. The number of hydrogen-bond acceptors (Lipinski definition) is 5. The third-order valence-corrected chi connectivity index (χ3v) is 5.29. The molecule has 0 aromatic carbocycles. The van der Waals surface area contributed by atoms with Crippen LogP contribution in [0, 0.1) is 5.82 Å². The Hall–Kier alpha value is -1.50. The van der Waals surface area contributed by atoms with E-state index in [1.54, 1.807) is 23.6 Å². The van der Waals surface area contributed by atoms with Crippen LogP contribution >= 0.6 is 11.3 Å². The summed E-state index contributed by atoms with van der Waals surface area (Å²) in [6.07, 6.45) is 3.10. The minimum Gasteiger partial charge on any atom is -0.472 e. The SMILES string of the molecule is Fc1cccnc1O[C@@H]1CCOC2(C1)CN(Cc1cccs1)C2. The van der Waals surface area contributed by atoms with Crippen LogP contribution in [-0.4, -0.2) is 41.3 Å². The minimum absolute atomic E-state index is 0.0305. The molecule has 4 rings (SSSR count). The monoisotopic (exact) mass is 334 g/mol. The molecule has 2 aromatic rings. The summed E-state index contributed by atoms with van der Waals surface area (Å²) in [6.45, 7) is 3.46. The highest BCUT2D eigenvalue weighted by molar-refractivity contribution is 7.09. The van der Waals surface area contributed by atoms with E-state index in [9.17, 15) is 4.39 Å². The van der Waals surface area contributed by atoms with Gasteiger partial charge in [0.25, 0.3) is 5.88 Å². The summed E-state index contributed by atoms with van der Waals surface area (Å²) in [5.74, 6) is -0.301. The molecule has 2 saturated heterocycles. The second-order valence-corrected chi connectivity index (χ2v) is 7.31. The average Bonchev–Trinajstić information content (AvgIpc) is 3.02. The summed E-state index contributed by atoms with van der Waals surface area (Å²) in [4.78, 5) is 7.74. The molecule has 0 aliphatic carbocycles. The van der Waals surface area contributed by atoms with E-state index < -0.39 is 5.82 Å². The van der Waals surface area contributed by atoms with Crippen LogP contribution in [0.25, 0.3) is 0 Å². The van der Waals surface area contributed by atoms with Crippen molar-refractivity contribution in [3.8, 4) is 5.88 Å². The van der Waals surface area contributed by atoms with Gasteiger partial charge in [0.15, 0.2) is 5.82 Å². The molecule has 122 valence electrons. The molecule has 1 spiro atoms. The molecule has 2 aliphatic rings. The van der Waals surface area contributed by atoms with Crippen LogP contribution in [0.5, 0.6) is 5.88 Å². The molecule has 2 aromatic heterocycles. The molecule has 6 heteroatoms. The van der Waals surface area contributed by atoms with Crippen LogP contribution in [0.4, 0.5) is 4.39 Å². The van der Waals surface area contributed by atoms with Crippen molar-refractivity contribution in [2.24, 2.45) is 0 Å². The first kappa shape index (κ1) is 15.1. The third-order valence-electron chi connectivity index (χ3n) is 4.43. The topological polar surface area (TPSA) is 34.6 Å². The van der Waals surface area contributed by atoms with Crippen LogP contribution in [0.3, 0.4) is 0 Å². The van der Waals surface area contributed by atoms with Crippen molar-refractivity contribution in [1.29, 1.82) is 0 Å². The summed E-state index contributed by atoms with van der Waals surface area (Å²) in [6, 6.07) is 7.19. The highest BCUT2D eigenvalue weighted by Gasteiger charge is 2.48. The van der Waals surface area contributed by atoms with Gasteiger partial charge in [-0.05, 0) is 23.6 Å². The maximum absolute atomic E-state index is 13.7. The number of hydrogen-bond donors (Lipinski definition) is 0. The Morgan fingerprint density at radius 3 is 3.09 bits per heavy atom. The molecule has 1 atom stereocenters. The van der Waals surface area contributed by atoms with Crippen molar-refractivity contribution in [1.82, 2.24) is 9.88 Å². The maximum Gasteiger partial charge on any atom is 0.250 e. The second-order valence-electron chi connectivity index (χ2n) is 6.28. The lowest BCUT2D eigenvalue weighted by atomic mass is 9.84. The fourth-order valence-corrected chi connectivity index (χ4v) is 4.17. The molecule has 4 heterocycles. The van der Waals surface area contributed by atoms with Crippen LogP contribution < -0.4 is 4.74 Å². The van der Waals surface area contributed by atoms with Crippen LogP contribution in [0.2, 0.25) is 0 Å². The van der Waals surface area contributed by atoms with Crippen molar-refractivity contribution in [2.45, 2.75) is 31.1 Å². The Kier molecular flexibility index (Phi) is 4.05. The highest BCUT2D eigenvalue weighted by Crippen LogP contribution is 2.36. The molecule has 23 heavy (non-hydrogen) atoms. The van der Waals surface area contributed by atoms with E-state index in [1.165, 1.54) is 10.9 Å².